The Kier molecular flexibility index (Phi) is 25.5. The third-order valence-corrected chi connectivity index (χ3v) is 4.41. The largest absolute Gasteiger partial charge is 0.463 e. The van der Waals surface area contributed by atoms with Crippen LogP contribution in [-0.2, 0) is 9.53 Å². The summed E-state index contributed by atoms with van der Waals surface area (Å²) in [6.07, 6.45) is 21.5. The molecule has 0 atom stereocenters. The van der Waals surface area contributed by atoms with Gasteiger partial charge in [0.15, 0.2) is 0 Å². The van der Waals surface area contributed by atoms with Gasteiger partial charge in [-0.05, 0) is 34.0 Å². The second-order valence-corrected chi connectivity index (χ2v) is 7.36. The molecule has 156 valence electrons. The van der Waals surface area contributed by atoms with Crippen molar-refractivity contribution in [2.45, 2.75) is 104 Å². The van der Waals surface area contributed by atoms with E-state index in [1.54, 1.807) is 6.92 Å². The molecule has 26 heavy (non-hydrogen) atoms. The molecule has 3 heteroatoms. The van der Waals surface area contributed by atoms with Gasteiger partial charge in [0.05, 0.1) is 6.61 Å². The number of ether oxygens (including phenoxy) is 1. The van der Waals surface area contributed by atoms with Crippen molar-refractivity contribution in [2.75, 3.05) is 27.2 Å². The number of rotatable bonds is 17. The van der Waals surface area contributed by atoms with Crippen LogP contribution in [0, 0.1) is 0 Å². The number of esters is 1. The van der Waals surface area contributed by atoms with Gasteiger partial charge >= 0.3 is 5.97 Å². The van der Waals surface area contributed by atoms with Crippen LogP contribution in [0.3, 0.4) is 0 Å². The van der Waals surface area contributed by atoms with E-state index in [2.05, 4.69) is 37.2 Å². The van der Waals surface area contributed by atoms with E-state index >= 15 is 0 Å². The third kappa shape index (κ3) is 28.0. The SMILES string of the molecule is C=CC(=O)OCC.CCCCCCCCCCCCCCCCN(C)C. The molecule has 0 saturated heterocycles. The lowest BCUT2D eigenvalue weighted by atomic mass is 10.0. The van der Waals surface area contributed by atoms with Gasteiger partial charge in [0.25, 0.3) is 0 Å². The van der Waals surface area contributed by atoms with Gasteiger partial charge in [0, 0.05) is 6.08 Å². The van der Waals surface area contributed by atoms with E-state index in [9.17, 15) is 4.79 Å². The molecule has 0 amide bonds. The molecule has 0 rings (SSSR count). The summed E-state index contributed by atoms with van der Waals surface area (Å²) in [7, 11) is 4.34. The standard InChI is InChI=1S/C18H39N.C5H8O2/c1-4-5-6-7-8-9-10-11-12-13-14-15-16-17-18-19(2)3;1-3-5(6)7-4-2/h4-18H2,1-3H3;3H,1,4H2,2H3. The molecular formula is C23H47NO2. The monoisotopic (exact) mass is 369 g/mol. The van der Waals surface area contributed by atoms with Gasteiger partial charge in [-0.15, -0.1) is 0 Å². The number of unbranched alkanes of at least 4 members (excludes halogenated alkanes) is 13. The van der Waals surface area contributed by atoms with Gasteiger partial charge in [-0.2, -0.15) is 0 Å². The topological polar surface area (TPSA) is 29.5 Å². The summed E-state index contributed by atoms with van der Waals surface area (Å²) in [5, 5.41) is 0. The van der Waals surface area contributed by atoms with E-state index < -0.39 is 0 Å². The minimum Gasteiger partial charge on any atom is -0.463 e. The minimum absolute atomic E-state index is 0.359. The first kappa shape index (κ1) is 27.4. The van der Waals surface area contributed by atoms with E-state index in [1.807, 2.05) is 0 Å². The molecule has 3 nitrogen and oxygen atoms in total. The van der Waals surface area contributed by atoms with Gasteiger partial charge in [-0.1, -0.05) is 97.0 Å². The Labute approximate surface area is 164 Å². The van der Waals surface area contributed by atoms with Crippen molar-refractivity contribution >= 4 is 5.97 Å². The molecule has 0 spiro atoms. The third-order valence-electron chi connectivity index (χ3n) is 4.41. The predicted octanol–water partition coefficient (Wildman–Crippen LogP) is 6.76. The summed E-state index contributed by atoms with van der Waals surface area (Å²) < 4.78 is 4.43. The number of carbonyl (C=O) groups excluding carboxylic acids is 1. The van der Waals surface area contributed by atoms with Crippen LogP contribution in [0.1, 0.15) is 104 Å². The van der Waals surface area contributed by atoms with Crippen LogP contribution < -0.4 is 0 Å². The molecule has 0 aromatic carbocycles. The summed E-state index contributed by atoms with van der Waals surface area (Å²) in [4.78, 5) is 12.4. The smallest absolute Gasteiger partial charge is 0.330 e. The number of nitrogens with zero attached hydrogens (tertiary/aromatic N) is 1. The Bertz CT molecular complexity index is 290. The van der Waals surface area contributed by atoms with E-state index in [0.29, 0.717) is 6.61 Å². The predicted molar refractivity (Wildman–Crippen MR) is 116 cm³/mol. The summed E-state index contributed by atoms with van der Waals surface area (Å²) in [5.74, 6) is -0.359. The van der Waals surface area contributed by atoms with Crippen LogP contribution >= 0.6 is 0 Å². The highest BCUT2D eigenvalue weighted by Crippen LogP contribution is 2.12. The van der Waals surface area contributed by atoms with Gasteiger partial charge < -0.3 is 9.64 Å². The molecule has 0 fully saturated rings. The fourth-order valence-corrected chi connectivity index (χ4v) is 2.82. The Morgan fingerprint density at radius 2 is 1.15 bits per heavy atom. The average Bonchev–Trinajstić information content (AvgIpc) is 2.62. The summed E-state index contributed by atoms with van der Waals surface area (Å²) in [5.41, 5.74) is 0. The number of carbonyl (C=O) groups is 1. The molecule has 0 unspecified atom stereocenters. The molecule has 0 aliphatic carbocycles. The molecule has 0 aliphatic rings. The van der Waals surface area contributed by atoms with Crippen LogP contribution in [0.25, 0.3) is 0 Å². The first-order valence-corrected chi connectivity index (χ1v) is 11.0. The quantitative estimate of drug-likeness (QED) is 0.161. The first-order valence-electron chi connectivity index (χ1n) is 11.0. The highest BCUT2D eigenvalue weighted by atomic mass is 16.5. The van der Waals surface area contributed by atoms with Crippen LogP contribution in [0.4, 0.5) is 0 Å². The van der Waals surface area contributed by atoms with Gasteiger partial charge in [0.2, 0.25) is 0 Å². The molecule has 0 N–H and O–H groups in total. The van der Waals surface area contributed by atoms with Crippen LogP contribution in [0.2, 0.25) is 0 Å². The zero-order chi connectivity index (χ0) is 19.9. The summed E-state index contributed by atoms with van der Waals surface area (Å²) >= 11 is 0. The van der Waals surface area contributed by atoms with Gasteiger partial charge in [-0.3, -0.25) is 0 Å². The highest BCUT2D eigenvalue weighted by molar-refractivity contribution is 5.81. The Morgan fingerprint density at radius 3 is 1.42 bits per heavy atom. The lowest BCUT2D eigenvalue weighted by Crippen LogP contribution is -2.12. The normalized spacial score (nSPS) is 10.3. The maximum absolute atomic E-state index is 10.1. The van der Waals surface area contributed by atoms with Crippen LogP contribution in [0.15, 0.2) is 12.7 Å². The maximum Gasteiger partial charge on any atom is 0.330 e. The fourth-order valence-electron chi connectivity index (χ4n) is 2.82. The summed E-state index contributed by atoms with van der Waals surface area (Å²) in [6, 6.07) is 0. The van der Waals surface area contributed by atoms with Gasteiger partial charge in [0.1, 0.15) is 0 Å². The Hall–Kier alpha value is -0.830. The van der Waals surface area contributed by atoms with E-state index in [0.717, 1.165) is 6.08 Å². The van der Waals surface area contributed by atoms with Crippen molar-refractivity contribution < 1.29 is 9.53 Å². The van der Waals surface area contributed by atoms with Crippen molar-refractivity contribution in [1.82, 2.24) is 4.90 Å². The molecule has 0 aliphatic heterocycles. The van der Waals surface area contributed by atoms with Crippen molar-refractivity contribution in [3.63, 3.8) is 0 Å². The fraction of sp³-hybridized carbons (Fsp3) is 0.870. The van der Waals surface area contributed by atoms with Crippen molar-refractivity contribution in [1.29, 1.82) is 0 Å². The average molecular weight is 370 g/mol. The lowest BCUT2D eigenvalue weighted by Gasteiger charge is -2.08. The maximum atomic E-state index is 10.1. The minimum atomic E-state index is -0.359. The highest BCUT2D eigenvalue weighted by Gasteiger charge is 1.94. The van der Waals surface area contributed by atoms with Gasteiger partial charge in [-0.25, -0.2) is 4.79 Å². The van der Waals surface area contributed by atoms with Crippen molar-refractivity contribution in [3.8, 4) is 0 Å². The lowest BCUT2D eigenvalue weighted by molar-refractivity contribution is -0.137. The molecule has 0 saturated carbocycles. The van der Waals surface area contributed by atoms with E-state index in [4.69, 9.17) is 0 Å². The molecule has 0 radical (unpaired) electrons. The molecule has 0 heterocycles. The van der Waals surface area contributed by atoms with Crippen molar-refractivity contribution in [2.24, 2.45) is 0 Å². The number of hydrogen-bond donors (Lipinski definition) is 0. The Morgan fingerprint density at radius 1 is 0.769 bits per heavy atom. The zero-order valence-corrected chi connectivity index (χ0v) is 18.4. The zero-order valence-electron chi connectivity index (χ0n) is 18.4. The Balaban J connectivity index is 0. The second-order valence-electron chi connectivity index (χ2n) is 7.36. The van der Waals surface area contributed by atoms with Crippen molar-refractivity contribution in [3.05, 3.63) is 12.7 Å². The second kappa shape index (κ2) is 24.2. The number of hydrogen-bond acceptors (Lipinski definition) is 3. The molecular weight excluding hydrogens is 322 g/mol. The molecule has 0 aromatic heterocycles. The van der Waals surface area contributed by atoms with E-state index in [-0.39, 0.29) is 5.97 Å². The summed E-state index contributed by atoms with van der Waals surface area (Å²) in [6.45, 7) is 8.93. The van der Waals surface area contributed by atoms with Crippen LogP contribution in [0.5, 0.6) is 0 Å². The van der Waals surface area contributed by atoms with E-state index in [1.165, 1.54) is 96.4 Å². The molecule has 0 aromatic rings. The van der Waals surface area contributed by atoms with Crippen LogP contribution in [-0.4, -0.2) is 38.1 Å². The first-order chi connectivity index (χ1) is 12.6. The molecule has 0 bridgehead atoms.